The predicted octanol–water partition coefficient (Wildman–Crippen LogP) is 3.11. The average Bonchev–Trinajstić information content (AvgIpc) is 3.16. The van der Waals surface area contributed by atoms with Crippen LogP contribution in [0.25, 0.3) is 0 Å². The highest BCUT2D eigenvalue weighted by atomic mass is 16.3. The van der Waals surface area contributed by atoms with Crippen LogP contribution in [0.3, 0.4) is 0 Å². The molecule has 1 aliphatic carbocycles. The molecular weight excluding hydrogens is 434 g/mol. The molecule has 3 amide bonds. The van der Waals surface area contributed by atoms with Crippen LogP contribution in [0.5, 0.6) is 0 Å². The van der Waals surface area contributed by atoms with Gasteiger partial charge >= 0.3 is 0 Å². The maximum Gasteiger partial charge on any atom is 0.255 e. The highest BCUT2D eigenvalue weighted by Gasteiger charge is 2.39. The Kier molecular flexibility index (Phi) is 5.57. The van der Waals surface area contributed by atoms with Crippen LogP contribution in [0, 0.1) is 0 Å². The topological polar surface area (TPSA) is 116 Å². The van der Waals surface area contributed by atoms with Crippen molar-refractivity contribution in [1.29, 1.82) is 0 Å². The zero-order chi connectivity index (χ0) is 23.8. The number of fused-ring (bicyclic) bond motifs is 1. The number of amides is 3. The number of ketones is 1. The smallest absolute Gasteiger partial charge is 0.255 e. The van der Waals surface area contributed by atoms with Crippen molar-refractivity contribution in [3.05, 3.63) is 76.6 Å². The minimum absolute atomic E-state index is 0.00248. The number of rotatable bonds is 4. The van der Waals surface area contributed by atoms with E-state index >= 15 is 0 Å². The number of hydrogen-bond acceptors (Lipinski definition) is 6. The molecule has 2 aliphatic heterocycles. The number of Topliss-reactive ketones (excluding diaryl/α,β-unsaturated/α-hetero) is 1. The van der Waals surface area contributed by atoms with Gasteiger partial charge in [-0.2, -0.15) is 0 Å². The number of hydrogen-bond donors (Lipinski definition) is 2. The Morgan fingerprint density at radius 2 is 1.79 bits per heavy atom. The van der Waals surface area contributed by atoms with Gasteiger partial charge in [-0.1, -0.05) is 36.4 Å². The maximum absolute atomic E-state index is 13.0. The number of carbonyl (C=O) groups is 4. The van der Waals surface area contributed by atoms with Gasteiger partial charge in [0, 0.05) is 43.1 Å². The Morgan fingerprint density at radius 1 is 1.00 bits per heavy atom. The van der Waals surface area contributed by atoms with E-state index in [0.717, 1.165) is 5.56 Å². The third kappa shape index (κ3) is 3.91. The summed E-state index contributed by atoms with van der Waals surface area (Å²) in [5.41, 5.74) is 2.78. The molecule has 34 heavy (non-hydrogen) atoms. The third-order valence-electron chi connectivity index (χ3n) is 6.64. The predicted molar refractivity (Wildman–Crippen MR) is 124 cm³/mol. The van der Waals surface area contributed by atoms with Crippen LogP contribution < -0.4 is 5.32 Å². The Balaban J connectivity index is 1.38. The molecule has 8 heteroatoms. The number of piperidine rings is 1. The van der Waals surface area contributed by atoms with Crippen molar-refractivity contribution >= 4 is 35.4 Å². The first-order valence-corrected chi connectivity index (χ1v) is 11.2. The number of aliphatic hydroxyl groups is 1. The number of imide groups is 1. The molecule has 0 saturated carbocycles. The molecule has 3 aliphatic rings. The average molecular weight is 457 g/mol. The largest absolute Gasteiger partial charge is 0.511 e. The second kappa shape index (κ2) is 8.70. The van der Waals surface area contributed by atoms with Crippen molar-refractivity contribution in [3.63, 3.8) is 0 Å². The molecule has 5 rings (SSSR count). The summed E-state index contributed by atoms with van der Waals surface area (Å²) in [4.78, 5) is 55.4. The summed E-state index contributed by atoms with van der Waals surface area (Å²) in [7, 11) is 0. The van der Waals surface area contributed by atoms with E-state index in [2.05, 4.69) is 10.3 Å². The van der Waals surface area contributed by atoms with Crippen LogP contribution in [0.2, 0.25) is 0 Å². The molecule has 1 fully saturated rings. The molecule has 2 unspecified atom stereocenters. The van der Waals surface area contributed by atoms with Gasteiger partial charge in [-0.15, -0.1) is 0 Å². The fourth-order valence-corrected chi connectivity index (χ4v) is 4.84. The second-order valence-corrected chi connectivity index (χ2v) is 8.76. The van der Waals surface area contributed by atoms with Gasteiger partial charge in [0.25, 0.3) is 5.91 Å². The molecule has 8 nitrogen and oxygen atoms in total. The summed E-state index contributed by atoms with van der Waals surface area (Å²) in [5, 5.41) is 12.9. The van der Waals surface area contributed by atoms with E-state index in [4.69, 9.17) is 0 Å². The Hall–Kier alpha value is -4.07. The van der Waals surface area contributed by atoms with Crippen LogP contribution >= 0.6 is 0 Å². The van der Waals surface area contributed by atoms with Crippen LogP contribution in [0.1, 0.15) is 53.1 Å². The van der Waals surface area contributed by atoms with Crippen LogP contribution in [0.15, 0.2) is 64.9 Å². The number of allylic oxidation sites excluding steroid dienone is 2. The molecular formula is C26H23N3O5. The van der Waals surface area contributed by atoms with Gasteiger partial charge < -0.3 is 10.0 Å². The number of nitrogens with zero attached hydrogens (tertiary/aromatic N) is 2. The molecule has 172 valence electrons. The van der Waals surface area contributed by atoms with Gasteiger partial charge in [-0.25, -0.2) is 0 Å². The molecule has 2 aromatic carbocycles. The van der Waals surface area contributed by atoms with E-state index in [0.29, 0.717) is 23.2 Å². The molecule has 2 aromatic rings. The zero-order valence-electron chi connectivity index (χ0n) is 18.4. The Labute approximate surface area is 196 Å². The lowest BCUT2D eigenvalue weighted by molar-refractivity contribution is -0.137. The van der Waals surface area contributed by atoms with Crippen molar-refractivity contribution in [2.45, 2.75) is 44.2 Å². The number of nitrogens with one attached hydrogen (secondary N) is 1. The van der Waals surface area contributed by atoms with Crippen LogP contribution in [-0.4, -0.2) is 45.8 Å². The fraction of sp³-hybridized carbons (Fsp3) is 0.269. The quantitative estimate of drug-likeness (QED) is 0.541. The first-order chi connectivity index (χ1) is 16.4. The zero-order valence-corrected chi connectivity index (χ0v) is 18.4. The lowest BCUT2D eigenvalue weighted by Crippen LogP contribution is -2.52. The summed E-state index contributed by atoms with van der Waals surface area (Å²) in [6.45, 7) is 0.184. The van der Waals surface area contributed by atoms with Crippen molar-refractivity contribution in [2.75, 3.05) is 0 Å². The summed E-state index contributed by atoms with van der Waals surface area (Å²) < 4.78 is 0. The summed E-state index contributed by atoms with van der Waals surface area (Å²) in [5.74, 6) is -1.36. The lowest BCUT2D eigenvalue weighted by Gasteiger charge is -2.29. The number of aliphatic hydroxyl groups excluding tert-OH is 1. The minimum Gasteiger partial charge on any atom is -0.511 e. The maximum atomic E-state index is 13.0. The molecule has 0 bridgehead atoms. The molecule has 2 N–H and O–H groups in total. The fourth-order valence-electron chi connectivity index (χ4n) is 4.84. The molecule has 2 heterocycles. The molecule has 0 spiro atoms. The first kappa shape index (κ1) is 21.8. The summed E-state index contributed by atoms with van der Waals surface area (Å²) in [6, 6.07) is 14.0. The van der Waals surface area contributed by atoms with Gasteiger partial charge in [0.05, 0.1) is 11.3 Å². The standard InChI is InChI=1S/C26H23N3O5/c30-22-11-16(15-5-2-1-3-6-15)12-23(31)18(22)13-27-20-8-4-7-17-19(20)14-29(26(17)34)21-9-10-24(32)28-25(21)33/h1-8,13,16,21,30H,9-12,14H2,(H,28,32,33). The first-order valence-electron chi connectivity index (χ1n) is 11.2. The Morgan fingerprint density at radius 3 is 2.53 bits per heavy atom. The minimum atomic E-state index is -0.712. The van der Waals surface area contributed by atoms with Gasteiger partial charge in [-0.05, 0) is 30.0 Å². The second-order valence-electron chi connectivity index (χ2n) is 8.76. The van der Waals surface area contributed by atoms with E-state index in [-0.39, 0.29) is 60.7 Å². The van der Waals surface area contributed by atoms with E-state index in [1.54, 1.807) is 18.2 Å². The lowest BCUT2D eigenvalue weighted by atomic mass is 9.83. The van der Waals surface area contributed by atoms with Gasteiger partial charge in [-0.3, -0.25) is 29.5 Å². The normalized spacial score (nSPS) is 23.0. The van der Waals surface area contributed by atoms with Crippen molar-refractivity contribution < 1.29 is 24.3 Å². The van der Waals surface area contributed by atoms with E-state index in [9.17, 15) is 24.3 Å². The van der Waals surface area contributed by atoms with Gasteiger partial charge in [0.1, 0.15) is 11.8 Å². The Bertz CT molecular complexity index is 1260. The third-order valence-corrected chi connectivity index (χ3v) is 6.64. The van der Waals surface area contributed by atoms with Crippen molar-refractivity contribution in [3.8, 4) is 0 Å². The molecule has 2 atom stereocenters. The van der Waals surface area contributed by atoms with Crippen LogP contribution in [-0.2, 0) is 20.9 Å². The highest BCUT2D eigenvalue weighted by Crippen LogP contribution is 2.35. The van der Waals surface area contributed by atoms with E-state index in [1.807, 2.05) is 30.3 Å². The monoisotopic (exact) mass is 457 g/mol. The number of benzene rings is 2. The molecule has 1 saturated heterocycles. The summed E-state index contributed by atoms with van der Waals surface area (Å²) >= 11 is 0. The van der Waals surface area contributed by atoms with Crippen molar-refractivity contribution in [1.82, 2.24) is 10.2 Å². The summed E-state index contributed by atoms with van der Waals surface area (Å²) in [6.07, 6.45) is 2.46. The van der Waals surface area contributed by atoms with Gasteiger partial charge in [0.2, 0.25) is 11.8 Å². The van der Waals surface area contributed by atoms with E-state index < -0.39 is 11.9 Å². The van der Waals surface area contributed by atoms with Gasteiger partial charge in [0.15, 0.2) is 5.78 Å². The van der Waals surface area contributed by atoms with Crippen molar-refractivity contribution in [2.24, 2.45) is 4.99 Å². The van der Waals surface area contributed by atoms with E-state index in [1.165, 1.54) is 11.1 Å². The molecule has 0 radical (unpaired) electrons. The van der Waals surface area contributed by atoms with Crippen LogP contribution in [0.4, 0.5) is 5.69 Å². The highest BCUT2D eigenvalue weighted by molar-refractivity contribution is 6.15. The number of aliphatic imine (C=N–C) groups is 1. The molecule has 0 aromatic heterocycles. The number of carbonyl (C=O) groups excluding carboxylic acids is 4. The SMILES string of the molecule is O=C1CCC(N2Cc3c(N=CC4=C(O)CC(c5ccccc5)CC4=O)cccc3C2=O)C(=O)N1.